The summed E-state index contributed by atoms with van der Waals surface area (Å²) >= 11 is 0. The number of hydrogen-bond donors (Lipinski definition) is 0. The van der Waals surface area contributed by atoms with Gasteiger partial charge in [0.2, 0.25) is 0 Å². The van der Waals surface area contributed by atoms with Gasteiger partial charge in [0, 0.05) is 19.5 Å². The highest BCUT2D eigenvalue weighted by Gasteiger charge is 2.17. The van der Waals surface area contributed by atoms with Crippen LogP contribution in [0.1, 0.15) is 31.7 Å². The van der Waals surface area contributed by atoms with Crippen molar-refractivity contribution >= 4 is 11.7 Å². The molecule has 1 aliphatic rings. The summed E-state index contributed by atoms with van der Waals surface area (Å²) in [4.78, 5) is 24.6. The van der Waals surface area contributed by atoms with Crippen molar-refractivity contribution < 1.29 is 14.3 Å². The topological polar surface area (TPSA) is 46.6 Å². The first-order valence-electron chi connectivity index (χ1n) is 7.14. The van der Waals surface area contributed by atoms with E-state index in [0.29, 0.717) is 12.2 Å². The largest absolute Gasteiger partial charge is 0.484 e. The third-order valence-electron chi connectivity index (χ3n) is 3.51. The number of carbonyl (C=O) groups excluding carboxylic acids is 2. The second kappa shape index (κ2) is 7.08. The number of Topliss-reactive ketones (excluding diaryl/α,β-unsaturated/α-hetero) is 1. The van der Waals surface area contributed by atoms with Gasteiger partial charge in [-0.15, -0.1) is 0 Å². The van der Waals surface area contributed by atoms with Gasteiger partial charge in [-0.25, -0.2) is 0 Å². The van der Waals surface area contributed by atoms with E-state index in [9.17, 15) is 9.59 Å². The molecule has 0 atom stereocenters. The Morgan fingerprint density at radius 3 is 2.40 bits per heavy atom. The van der Waals surface area contributed by atoms with Gasteiger partial charge in [0.25, 0.3) is 5.91 Å². The highest BCUT2D eigenvalue weighted by atomic mass is 16.5. The number of rotatable bonds is 6. The van der Waals surface area contributed by atoms with Crippen LogP contribution in [0, 0.1) is 0 Å². The minimum absolute atomic E-state index is 0.0585. The molecule has 1 heterocycles. The minimum atomic E-state index is 0.0585. The molecule has 1 aromatic rings. The zero-order valence-electron chi connectivity index (χ0n) is 11.9. The number of likely N-dealkylation sites (tertiary alicyclic amines) is 1. The van der Waals surface area contributed by atoms with Gasteiger partial charge in [-0.2, -0.15) is 0 Å². The van der Waals surface area contributed by atoms with Crippen molar-refractivity contribution in [3.63, 3.8) is 0 Å². The van der Waals surface area contributed by atoms with Gasteiger partial charge < -0.3 is 14.4 Å². The summed E-state index contributed by atoms with van der Waals surface area (Å²) in [6, 6.07) is 7.59. The first-order chi connectivity index (χ1) is 9.65. The molecule has 0 saturated carbocycles. The molecule has 2 rings (SSSR count). The van der Waals surface area contributed by atoms with E-state index >= 15 is 0 Å². The molecule has 0 spiro atoms. The van der Waals surface area contributed by atoms with Crippen molar-refractivity contribution in [1.82, 2.24) is 4.90 Å². The second-order valence-electron chi connectivity index (χ2n) is 5.22. The quantitative estimate of drug-likeness (QED) is 0.799. The molecule has 4 heteroatoms. The first kappa shape index (κ1) is 14.6. The average molecular weight is 275 g/mol. The van der Waals surface area contributed by atoms with Crippen LogP contribution < -0.4 is 4.74 Å². The highest BCUT2D eigenvalue weighted by molar-refractivity contribution is 5.78. The smallest absolute Gasteiger partial charge is 0.260 e. The van der Waals surface area contributed by atoms with Gasteiger partial charge in [-0.3, -0.25) is 4.79 Å². The molecule has 1 fully saturated rings. The summed E-state index contributed by atoms with van der Waals surface area (Å²) in [7, 11) is 0. The van der Waals surface area contributed by atoms with Crippen LogP contribution >= 0.6 is 0 Å². The van der Waals surface area contributed by atoms with Crippen LogP contribution in [-0.2, 0) is 16.0 Å². The monoisotopic (exact) mass is 275 g/mol. The lowest BCUT2D eigenvalue weighted by molar-refractivity contribution is -0.132. The van der Waals surface area contributed by atoms with E-state index in [-0.39, 0.29) is 18.3 Å². The van der Waals surface area contributed by atoms with Crippen molar-refractivity contribution in [1.29, 1.82) is 0 Å². The predicted octanol–water partition coefficient (Wildman–Crippen LogP) is 2.21. The lowest BCUT2D eigenvalue weighted by Crippen LogP contribution is -2.32. The van der Waals surface area contributed by atoms with Gasteiger partial charge >= 0.3 is 0 Å². The van der Waals surface area contributed by atoms with Crippen molar-refractivity contribution in [2.24, 2.45) is 0 Å². The van der Waals surface area contributed by atoms with Crippen LogP contribution in [0.15, 0.2) is 24.3 Å². The fourth-order valence-corrected chi connectivity index (χ4v) is 2.28. The number of amides is 1. The summed E-state index contributed by atoms with van der Waals surface area (Å²) in [5.74, 6) is 0.953. The van der Waals surface area contributed by atoms with Crippen molar-refractivity contribution in [3.05, 3.63) is 29.8 Å². The minimum Gasteiger partial charge on any atom is -0.484 e. The summed E-state index contributed by atoms with van der Waals surface area (Å²) in [6.45, 7) is 3.41. The Labute approximate surface area is 119 Å². The molecule has 108 valence electrons. The van der Waals surface area contributed by atoms with Crippen LogP contribution in [-0.4, -0.2) is 36.3 Å². The van der Waals surface area contributed by atoms with Crippen LogP contribution in [0.2, 0.25) is 0 Å². The number of aryl methyl sites for hydroxylation is 1. The number of ketones is 1. The Bertz CT molecular complexity index is 461. The summed E-state index contributed by atoms with van der Waals surface area (Å²) in [5.41, 5.74) is 1.11. The molecule has 0 aromatic heterocycles. The molecule has 0 unspecified atom stereocenters. The van der Waals surface area contributed by atoms with E-state index in [1.54, 1.807) is 6.92 Å². The number of ether oxygens (including phenoxy) is 1. The molecule has 0 bridgehead atoms. The Hall–Kier alpha value is -1.84. The highest BCUT2D eigenvalue weighted by Crippen LogP contribution is 2.14. The maximum atomic E-state index is 11.8. The Morgan fingerprint density at radius 2 is 1.80 bits per heavy atom. The van der Waals surface area contributed by atoms with Crippen molar-refractivity contribution in [2.75, 3.05) is 19.7 Å². The molecular formula is C16H21NO3. The Balaban J connectivity index is 1.78. The van der Waals surface area contributed by atoms with Crippen molar-refractivity contribution in [3.8, 4) is 5.75 Å². The Kier molecular flexibility index (Phi) is 5.16. The number of benzene rings is 1. The van der Waals surface area contributed by atoms with Gasteiger partial charge in [-0.05, 0) is 43.9 Å². The molecule has 0 radical (unpaired) electrons. The second-order valence-corrected chi connectivity index (χ2v) is 5.22. The van der Waals surface area contributed by atoms with Crippen LogP contribution in [0.4, 0.5) is 0 Å². The molecule has 1 saturated heterocycles. The van der Waals surface area contributed by atoms with Gasteiger partial charge in [0.1, 0.15) is 11.5 Å². The summed E-state index contributed by atoms with van der Waals surface area (Å²) in [5, 5.41) is 0. The molecule has 1 aromatic carbocycles. The third kappa shape index (κ3) is 4.37. The zero-order valence-corrected chi connectivity index (χ0v) is 11.9. The van der Waals surface area contributed by atoms with Gasteiger partial charge in [-0.1, -0.05) is 12.1 Å². The van der Waals surface area contributed by atoms with Gasteiger partial charge in [0.05, 0.1) is 0 Å². The maximum absolute atomic E-state index is 11.8. The lowest BCUT2D eigenvalue weighted by Gasteiger charge is -2.15. The van der Waals surface area contributed by atoms with E-state index in [4.69, 9.17) is 4.74 Å². The maximum Gasteiger partial charge on any atom is 0.260 e. The lowest BCUT2D eigenvalue weighted by atomic mass is 10.1. The predicted molar refractivity (Wildman–Crippen MR) is 76.8 cm³/mol. The van der Waals surface area contributed by atoms with Gasteiger partial charge in [0.15, 0.2) is 6.61 Å². The number of carbonyl (C=O) groups is 2. The van der Waals surface area contributed by atoms with E-state index in [0.717, 1.165) is 37.9 Å². The van der Waals surface area contributed by atoms with Crippen LogP contribution in [0.3, 0.4) is 0 Å². The molecule has 1 amide bonds. The van der Waals surface area contributed by atoms with Crippen LogP contribution in [0.5, 0.6) is 5.75 Å². The number of nitrogens with zero attached hydrogens (tertiary/aromatic N) is 1. The zero-order chi connectivity index (χ0) is 14.4. The molecule has 0 N–H and O–H groups in total. The van der Waals surface area contributed by atoms with Crippen LogP contribution in [0.25, 0.3) is 0 Å². The summed E-state index contributed by atoms with van der Waals surface area (Å²) in [6.07, 6.45) is 3.50. The van der Waals surface area contributed by atoms with E-state index in [2.05, 4.69) is 0 Å². The Morgan fingerprint density at radius 1 is 1.15 bits per heavy atom. The third-order valence-corrected chi connectivity index (χ3v) is 3.51. The first-order valence-corrected chi connectivity index (χ1v) is 7.14. The van der Waals surface area contributed by atoms with E-state index in [1.165, 1.54) is 0 Å². The average Bonchev–Trinajstić information content (AvgIpc) is 2.98. The molecule has 4 nitrogen and oxygen atoms in total. The van der Waals surface area contributed by atoms with E-state index < -0.39 is 0 Å². The SMILES string of the molecule is CC(=O)CCc1ccc(OCC(=O)N2CCCC2)cc1. The molecular weight excluding hydrogens is 254 g/mol. The molecule has 20 heavy (non-hydrogen) atoms. The van der Waals surface area contributed by atoms with Crippen molar-refractivity contribution in [2.45, 2.75) is 32.6 Å². The molecule has 1 aliphatic heterocycles. The summed E-state index contributed by atoms with van der Waals surface area (Å²) < 4.78 is 5.50. The van der Waals surface area contributed by atoms with E-state index in [1.807, 2.05) is 29.2 Å². The fourth-order valence-electron chi connectivity index (χ4n) is 2.28. The fraction of sp³-hybridized carbons (Fsp3) is 0.500. The molecule has 0 aliphatic carbocycles. The number of hydrogen-bond acceptors (Lipinski definition) is 3. The standard InChI is InChI=1S/C16H21NO3/c1-13(18)4-5-14-6-8-15(9-7-14)20-12-16(19)17-10-2-3-11-17/h6-9H,2-5,10-12H2,1H3. The normalized spacial score (nSPS) is 14.3.